The molecule has 2 aromatic rings. The van der Waals surface area contributed by atoms with E-state index in [2.05, 4.69) is 48.3 Å². The zero-order valence-corrected chi connectivity index (χ0v) is 18.6. The lowest BCUT2D eigenvalue weighted by molar-refractivity contribution is -0.145. The number of hydrogen-bond acceptors (Lipinski definition) is 5. The largest absolute Gasteiger partial charge is 0.465 e. The highest BCUT2D eigenvalue weighted by Gasteiger charge is 2.05. The predicted molar refractivity (Wildman–Crippen MR) is 123 cm³/mol. The van der Waals surface area contributed by atoms with E-state index in [1.165, 1.54) is 29.2 Å². The van der Waals surface area contributed by atoms with Gasteiger partial charge in [0, 0.05) is 19.0 Å². The first-order valence-electron chi connectivity index (χ1n) is 10.9. The van der Waals surface area contributed by atoms with Crippen LogP contribution in [0.4, 0.5) is 0 Å². The van der Waals surface area contributed by atoms with Crippen LogP contribution in [0.25, 0.3) is 6.08 Å². The fourth-order valence-corrected chi connectivity index (χ4v) is 3.13. The number of rotatable bonds is 14. The second-order valence-corrected chi connectivity index (χ2v) is 7.84. The standard InChI is InChI=1S/C26H33NO4/c1-21(20-30-14-5-3-4-6-15-31-26(29)17-22(2)28)16-23-9-11-24(12-10-23)18-25-8-7-13-27-19-25/h7-13,16,19H,3-6,14-15,17-18,20H2,1-2H3/b21-16+. The highest BCUT2D eigenvalue weighted by Crippen LogP contribution is 2.13. The van der Waals surface area contributed by atoms with Gasteiger partial charge in [-0.15, -0.1) is 0 Å². The van der Waals surface area contributed by atoms with E-state index in [-0.39, 0.29) is 12.2 Å². The molecule has 5 nitrogen and oxygen atoms in total. The Bertz CT molecular complexity index is 828. The number of ketones is 1. The summed E-state index contributed by atoms with van der Waals surface area (Å²) in [5, 5.41) is 0. The maximum atomic E-state index is 11.2. The number of nitrogens with zero attached hydrogens (tertiary/aromatic N) is 1. The Labute approximate surface area is 185 Å². The summed E-state index contributed by atoms with van der Waals surface area (Å²) >= 11 is 0. The monoisotopic (exact) mass is 423 g/mol. The Morgan fingerprint density at radius 3 is 2.35 bits per heavy atom. The number of hydrogen-bond donors (Lipinski definition) is 0. The third-order valence-electron chi connectivity index (χ3n) is 4.69. The number of benzene rings is 1. The number of unbranched alkanes of at least 4 members (excludes halogenated alkanes) is 3. The lowest BCUT2D eigenvalue weighted by atomic mass is 10.0. The van der Waals surface area contributed by atoms with Crippen molar-refractivity contribution in [2.45, 2.75) is 52.4 Å². The minimum absolute atomic E-state index is 0.129. The molecule has 0 unspecified atom stereocenters. The molecule has 0 aliphatic heterocycles. The normalized spacial score (nSPS) is 11.4. The number of ether oxygens (including phenoxy) is 2. The molecule has 0 saturated carbocycles. The average Bonchev–Trinajstić information content (AvgIpc) is 2.74. The van der Waals surface area contributed by atoms with Crippen LogP contribution >= 0.6 is 0 Å². The molecule has 0 saturated heterocycles. The Balaban J connectivity index is 1.55. The SMILES string of the molecule is CC(=O)CC(=O)OCCCCCCOC/C(C)=C/c1ccc(Cc2cccnc2)cc1. The molecule has 166 valence electrons. The van der Waals surface area contributed by atoms with Gasteiger partial charge in [-0.1, -0.05) is 42.8 Å². The van der Waals surface area contributed by atoms with Gasteiger partial charge >= 0.3 is 5.97 Å². The van der Waals surface area contributed by atoms with Gasteiger partial charge in [-0.2, -0.15) is 0 Å². The number of carbonyl (C=O) groups excluding carboxylic acids is 2. The van der Waals surface area contributed by atoms with Gasteiger partial charge in [-0.3, -0.25) is 14.6 Å². The van der Waals surface area contributed by atoms with Crippen LogP contribution in [0.1, 0.15) is 62.6 Å². The van der Waals surface area contributed by atoms with Crippen molar-refractivity contribution >= 4 is 17.8 Å². The van der Waals surface area contributed by atoms with Crippen LogP contribution < -0.4 is 0 Å². The first-order valence-corrected chi connectivity index (χ1v) is 10.9. The maximum absolute atomic E-state index is 11.2. The number of Topliss-reactive ketones (excluding diaryl/α,β-unsaturated/α-hetero) is 1. The second kappa shape index (κ2) is 14.3. The van der Waals surface area contributed by atoms with E-state index in [0.29, 0.717) is 13.2 Å². The van der Waals surface area contributed by atoms with Crippen molar-refractivity contribution in [3.63, 3.8) is 0 Å². The average molecular weight is 424 g/mol. The topological polar surface area (TPSA) is 65.5 Å². The van der Waals surface area contributed by atoms with Crippen molar-refractivity contribution in [2.24, 2.45) is 0 Å². The van der Waals surface area contributed by atoms with Gasteiger partial charge in [0.2, 0.25) is 0 Å². The Morgan fingerprint density at radius 2 is 1.68 bits per heavy atom. The van der Waals surface area contributed by atoms with Crippen molar-refractivity contribution in [3.05, 3.63) is 71.1 Å². The minimum atomic E-state index is -0.429. The van der Waals surface area contributed by atoms with Crippen LogP contribution in [-0.4, -0.2) is 36.6 Å². The van der Waals surface area contributed by atoms with E-state index in [0.717, 1.165) is 38.7 Å². The molecule has 2 rings (SSSR count). The zero-order valence-electron chi connectivity index (χ0n) is 18.6. The molecule has 31 heavy (non-hydrogen) atoms. The Kier molecular flexibility index (Phi) is 11.3. The molecule has 0 N–H and O–H groups in total. The number of carbonyl (C=O) groups is 2. The van der Waals surface area contributed by atoms with E-state index in [9.17, 15) is 9.59 Å². The van der Waals surface area contributed by atoms with Crippen LogP contribution in [0.15, 0.2) is 54.4 Å². The summed E-state index contributed by atoms with van der Waals surface area (Å²) in [5.41, 5.74) is 4.85. The molecule has 0 atom stereocenters. The summed E-state index contributed by atoms with van der Waals surface area (Å²) in [5.74, 6) is -0.592. The zero-order chi connectivity index (χ0) is 22.3. The van der Waals surface area contributed by atoms with Crippen molar-refractivity contribution in [1.82, 2.24) is 4.98 Å². The third kappa shape index (κ3) is 11.2. The van der Waals surface area contributed by atoms with Crippen molar-refractivity contribution in [3.8, 4) is 0 Å². The lowest BCUT2D eigenvalue weighted by Gasteiger charge is -2.06. The molecule has 0 fully saturated rings. The molecule has 1 heterocycles. The van der Waals surface area contributed by atoms with Crippen molar-refractivity contribution in [1.29, 1.82) is 0 Å². The first kappa shape index (κ1) is 24.5. The van der Waals surface area contributed by atoms with E-state index in [4.69, 9.17) is 9.47 Å². The van der Waals surface area contributed by atoms with Crippen LogP contribution in [0, 0.1) is 0 Å². The Hall–Kier alpha value is -2.79. The van der Waals surface area contributed by atoms with E-state index < -0.39 is 5.97 Å². The molecule has 0 spiro atoms. The van der Waals surface area contributed by atoms with Gasteiger partial charge in [-0.05, 0) is 67.9 Å². The second-order valence-electron chi connectivity index (χ2n) is 7.84. The van der Waals surface area contributed by atoms with Crippen LogP contribution in [-0.2, 0) is 25.5 Å². The predicted octanol–water partition coefficient (Wildman–Crippen LogP) is 5.18. The molecule has 0 aliphatic carbocycles. The van der Waals surface area contributed by atoms with E-state index in [1.807, 2.05) is 12.3 Å². The molecule has 5 heteroatoms. The van der Waals surface area contributed by atoms with Crippen LogP contribution in [0.5, 0.6) is 0 Å². The van der Waals surface area contributed by atoms with Crippen LogP contribution in [0.2, 0.25) is 0 Å². The lowest BCUT2D eigenvalue weighted by Crippen LogP contribution is -2.09. The van der Waals surface area contributed by atoms with E-state index in [1.54, 1.807) is 6.20 Å². The van der Waals surface area contributed by atoms with Gasteiger partial charge in [0.15, 0.2) is 0 Å². The van der Waals surface area contributed by atoms with Crippen molar-refractivity contribution in [2.75, 3.05) is 19.8 Å². The summed E-state index contributed by atoms with van der Waals surface area (Å²) < 4.78 is 10.8. The molecule has 0 radical (unpaired) electrons. The highest BCUT2D eigenvalue weighted by molar-refractivity contribution is 5.94. The number of esters is 1. The first-order chi connectivity index (χ1) is 15.0. The molecule has 0 aliphatic rings. The van der Waals surface area contributed by atoms with Gasteiger partial charge in [-0.25, -0.2) is 0 Å². The molecule has 0 amide bonds. The number of aromatic nitrogens is 1. The maximum Gasteiger partial charge on any atom is 0.313 e. The van der Waals surface area contributed by atoms with Gasteiger partial charge in [0.05, 0.1) is 13.2 Å². The Morgan fingerprint density at radius 1 is 0.935 bits per heavy atom. The quantitative estimate of drug-likeness (QED) is 0.238. The van der Waals surface area contributed by atoms with Gasteiger partial charge < -0.3 is 9.47 Å². The summed E-state index contributed by atoms with van der Waals surface area (Å²) in [6.07, 6.45) is 10.4. The van der Waals surface area contributed by atoms with Gasteiger partial charge in [0.1, 0.15) is 12.2 Å². The summed E-state index contributed by atoms with van der Waals surface area (Å²) in [4.78, 5) is 26.2. The fraction of sp³-hybridized carbons (Fsp3) is 0.423. The summed E-state index contributed by atoms with van der Waals surface area (Å²) in [6.45, 7) is 5.20. The van der Waals surface area contributed by atoms with E-state index >= 15 is 0 Å². The van der Waals surface area contributed by atoms with Gasteiger partial charge in [0.25, 0.3) is 0 Å². The smallest absolute Gasteiger partial charge is 0.313 e. The van der Waals surface area contributed by atoms with Crippen molar-refractivity contribution < 1.29 is 19.1 Å². The molecular weight excluding hydrogens is 390 g/mol. The number of pyridine rings is 1. The molecule has 1 aromatic heterocycles. The minimum Gasteiger partial charge on any atom is -0.465 e. The molecular formula is C26H33NO4. The third-order valence-corrected chi connectivity index (χ3v) is 4.69. The van der Waals surface area contributed by atoms with Crippen LogP contribution in [0.3, 0.4) is 0 Å². The summed E-state index contributed by atoms with van der Waals surface area (Å²) in [6, 6.07) is 12.6. The molecule has 0 bridgehead atoms. The molecule has 1 aromatic carbocycles. The summed E-state index contributed by atoms with van der Waals surface area (Å²) in [7, 11) is 0. The fourth-order valence-electron chi connectivity index (χ4n) is 3.13. The highest BCUT2D eigenvalue weighted by atomic mass is 16.5.